The summed E-state index contributed by atoms with van der Waals surface area (Å²) in [5.74, 6) is -1.18. The molecule has 0 N–H and O–H groups in total. The zero-order valence-corrected chi connectivity index (χ0v) is 45.2. The van der Waals surface area contributed by atoms with Gasteiger partial charge >= 0.3 is 18.1 Å². The third-order valence-corrected chi connectivity index (χ3v) is 13.6. The van der Waals surface area contributed by atoms with E-state index in [1.54, 1.807) is 24.3 Å². The van der Waals surface area contributed by atoms with Crippen LogP contribution in [0.1, 0.15) is 291 Å². The third-order valence-electron chi connectivity index (χ3n) is 13.6. The lowest BCUT2D eigenvalue weighted by molar-refractivity contribution is -0.285. The average Bonchev–Trinajstić information content (AvgIpc) is 3.37. The van der Waals surface area contributed by atoms with Gasteiger partial charge in [0.1, 0.15) is 25.4 Å². The van der Waals surface area contributed by atoms with E-state index in [0.717, 1.165) is 77.0 Å². The number of hydrogen-bond donors (Lipinski definition) is 0. The van der Waals surface area contributed by atoms with E-state index in [2.05, 4.69) is 27.7 Å². The van der Waals surface area contributed by atoms with Gasteiger partial charge in [-0.25, -0.2) is 14.4 Å². The highest BCUT2D eigenvalue weighted by molar-refractivity contribution is 5.89. The van der Waals surface area contributed by atoms with Crippen LogP contribution in [0.5, 0.6) is 0 Å². The molecule has 0 heterocycles. The summed E-state index contributed by atoms with van der Waals surface area (Å²) >= 11 is 0. The molecule has 0 saturated heterocycles. The molecule has 0 bridgehead atoms. The SMILES string of the molecule is CCCCCCCCCCCCCCCCC(COC(=O)OCC(CCCCCCCCCCCCCCCC)OOC(=O)c1ccc(CCCCC)cc1)OOC(=O)c1ccc(CCCCC)cc1. The minimum absolute atomic E-state index is 0.144. The van der Waals surface area contributed by atoms with Crippen molar-refractivity contribution in [3.05, 3.63) is 70.8 Å². The molecule has 0 radical (unpaired) electrons. The molecule has 2 atom stereocenters. The second-order valence-corrected chi connectivity index (χ2v) is 20.1. The first kappa shape index (κ1) is 62.7. The van der Waals surface area contributed by atoms with E-state index in [-0.39, 0.29) is 13.2 Å². The van der Waals surface area contributed by atoms with Gasteiger partial charge in [0, 0.05) is 0 Å². The predicted molar refractivity (Wildman–Crippen MR) is 287 cm³/mol. The van der Waals surface area contributed by atoms with E-state index in [0.29, 0.717) is 24.0 Å². The highest BCUT2D eigenvalue weighted by atomic mass is 17.2. The molecular formula is C61H102O9. The fourth-order valence-corrected chi connectivity index (χ4v) is 8.91. The average molecular weight is 979 g/mol. The minimum atomic E-state index is -0.890. The van der Waals surface area contributed by atoms with Crippen molar-refractivity contribution in [3.63, 3.8) is 0 Å². The molecule has 2 aromatic carbocycles. The van der Waals surface area contributed by atoms with E-state index in [4.69, 9.17) is 29.0 Å². The van der Waals surface area contributed by atoms with Crippen LogP contribution in [0.15, 0.2) is 48.5 Å². The lowest BCUT2D eigenvalue weighted by Crippen LogP contribution is -2.27. The van der Waals surface area contributed by atoms with Crippen molar-refractivity contribution in [1.29, 1.82) is 0 Å². The van der Waals surface area contributed by atoms with Crippen LogP contribution >= 0.6 is 0 Å². The largest absolute Gasteiger partial charge is 0.508 e. The first-order valence-electron chi connectivity index (χ1n) is 29.1. The zero-order chi connectivity index (χ0) is 50.4. The Kier molecular flexibility index (Phi) is 40.7. The van der Waals surface area contributed by atoms with Crippen LogP contribution in [0, 0.1) is 0 Å². The number of carbonyl (C=O) groups is 3. The highest BCUT2D eigenvalue weighted by Crippen LogP contribution is 2.19. The van der Waals surface area contributed by atoms with Gasteiger partial charge in [-0.05, 0) is 73.9 Å². The number of benzene rings is 2. The summed E-state index contributed by atoms with van der Waals surface area (Å²) in [7, 11) is 0. The van der Waals surface area contributed by atoms with Crippen LogP contribution in [0.25, 0.3) is 0 Å². The zero-order valence-electron chi connectivity index (χ0n) is 45.2. The molecule has 0 aliphatic rings. The van der Waals surface area contributed by atoms with Gasteiger partial charge in [-0.15, -0.1) is 0 Å². The molecule has 0 aromatic heterocycles. The maximum atomic E-state index is 13.1. The summed E-state index contributed by atoms with van der Waals surface area (Å²) in [6.45, 7) is 8.61. The molecule has 2 rings (SSSR count). The molecule has 400 valence electrons. The molecular weight excluding hydrogens is 877 g/mol. The van der Waals surface area contributed by atoms with E-state index >= 15 is 0 Å². The third kappa shape index (κ3) is 34.8. The van der Waals surface area contributed by atoms with Crippen LogP contribution < -0.4 is 0 Å². The number of hydrogen-bond acceptors (Lipinski definition) is 9. The van der Waals surface area contributed by atoms with Crippen molar-refractivity contribution in [3.8, 4) is 0 Å². The fourth-order valence-electron chi connectivity index (χ4n) is 8.91. The van der Waals surface area contributed by atoms with Gasteiger partial charge in [0.15, 0.2) is 0 Å². The Balaban J connectivity index is 1.89. The summed E-state index contributed by atoms with van der Waals surface area (Å²) in [6, 6.07) is 14.9. The molecule has 0 spiro atoms. The normalized spacial score (nSPS) is 12.2. The maximum Gasteiger partial charge on any atom is 0.508 e. The van der Waals surface area contributed by atoms with E-state index < -0.39 is 30.3 Å². The second-order valence-electron chi connectivity index (χ2n) is 20.1. The van der Waals surface area contributed by atoms with Gasteiger partial charge in [0.2, 0.25) is 0 Å². The van der Waals surface area contributed by atoms with E-state index in [1.807, 2.05) is 24.3 Å². The summed E-state index contributed by atoms with van der Waals surface area (Å²) in [4.78, 5) is 61.1. The summed E-state index contributed by atoms with van der Waals surface area (Å²) in [5.41, 5.74) is 3.17. The number of aryl methyl sites for hydroxylation is 2. The lowest BCUT2D eigenvalue weighted by Gasteiger charge is -2.18. The molecule has 9 heteroatoms. The van der Waals surface area contributed by atoms with Gasteiger partial charge in [-0.1, -0.05) is 257 Å². The molecule has 2 unspecified atom stereocenters. The molecule has 0 saturated carbocycles. The number of carbonyl (C=O) groups excluding carboxylic acids is 3. The van der Waals surface area contributed by atoms with Gasteiger partial charge in [0.05, 0.1) is 11.1 Å². The van der Waals surface area contributed by atoms with Gasteiger partial charge in [-0.3, -0.25) is 9.78 Å². The number of rotatable bonds is 48. The molecule has 2 aromatic rings. The smallest absolute Gasteiger partial charge is 0.431 e. The Bertz CT molecular complexity index is 1400. The number of unbranched alkanes of at least 4 members (excludes halogenated alkanes) is 30. The van der Waals surface area contributed by atoms with E-state index in [9.17, 15) is 14.4 Å². The van der Waals surface area contributed by atoms with Crippen LogP contribution in [0.4, 0.5) is 4.79 Å². The van der Waals surface area contributed by atoms with Crippen molar-refractivity contribution in [2.45, 2.75) is 284 Å². The van der Waals surface area contributed by atoms with Crippen LogP contribution in [0.3, 0.4) is 0 Å². The summed E-state index contributed by atoms with van der Waals surface area (Å²) in [6.07, 6.45) is 42.7. The second kappa shape index (κ2) is 45.4. The van der Waals surface area contributed by atoms with Crippen molar-refractivity contribution in [2.24, 2.45) is 0 Å². The van der Waals surface area contributed by atoms with Crippen LogP contribution in [0.2, 0.25) is 0 Å². The quantitative estimate of drug-likeness (QED) is 0.0277. The van der Waals surface area contributed by atoms with Crippen LogP contribution in [-0.2, 0) is 41.9 Å². The Morgan fingerprint density at radius 1 is 0.343 bits per heavy atom. The summed E-state index contributed by atoms with van der Waals surface area (Å²) in [5, 5.41) is 0. The summed E-state index contributed by atoms with van der Waals surface area (Å²) < 4.78 is 11.1. The monoisotopic (exact) mass is 979 g/mol. The molecule has 0 aliphatic heterocycles. The Morgan fingerprint density at radius 3 is 0.886 bits per heavy atom. The van der Waals surface area contributed by atoms with E-state index in [1.165, 1.54) is 165 Å². The predicted octanol–water partition coefficient (Wildman–Crippen LogP) is 18.7. The Morgan fingerprint density at radius 2 is 0.600 bits per heavy atom. The first-order chi connectivity index (χ1) is 34.4. The molecule has 0 amide bonds. The lowest BCUT2D eigenvalue weighted by atomic mass is 10.0. The Hall–Kier alpha value is -3.43. The molecule has 0 aliphatic carbocycles. The minimum Gasteiger partial charge on any atom is -0.431 e. The van der Waals surface area contributed by atoms with Gasteiger partial charge < -0.3 is 9.47 Å². The standard InChI is InChI=1S/C61H102O9/c1-5-9-13-15-17-19-21-23-25-27-29-31-33-37-41-57(67-69-59(62)55-47-43-53(44-48-55)39-35-11-7-3)51-65-61(64)66-52-58(42-38-34-32-30-28-26-24-22-20-18-16-14-10-6-2)68-70-60(63)56-49-45-54(46-50-56)40-36-12-8-4/h43-50,57-58H,5-42,51-52H2,1-4H3. The van der Waals surface area contributed by atoms with Crippen molar-refractivity contribution < 1.29 is 43.4 Å². The van der Waals surface area contributed by atoms with Crippen molar-refractivity contribution in [2.75, 3.05) is 13.2 Å². The van der Waals surface area contributed by atoms with Crippen LogP contribution in [-0.4, -0.2) is 43.5 Å². The van der Waals surface area contributed by atoms with Gasteiger partial charge in [-0.2, -0.15) is 9.78 Å². The molecule has 9 nitrogen and oxygen atoms in total. The molecule has 0 fully saturated rings. The topological polar surface area (TPSA) is 107 Å². The molecule has 70 heavy (non-hydrogen) atoms. The Labute approximate surface area is 427 Å². The van der Waals surface area contributed by atoms with Crippen molar-refractivity contribution in [1.82, 2.24) is 0 Å². The first-order valence-corrected chi connectivity index (χ1v) is 29.1. The van der Waals surface area contributed by atoms with Crippen molar-refractivity contribution >= 4 is 18.1 Å². The van der Waals surface area contributed by atoms with Gasteiger partial charge in [0.25, 0.3) is 0 Å². The fraction of sp³-hybridized carbons (Fsp3) is 0.754. The maximum absolute atomic E-state index is 13.1. The highest BCUT2D eigenvalue weighted by Gasteiger charge is 2.21. The number of ether oxygens (including phenoxy) is 2.